The monoisotopic (exact) mass is 227 g/mol. The summed E-state index contributed by atoms with van der Waals surface area (Å²) in [4.78, 5) is 11.6. The number of hydrogen-bond donors (Lipinski definition) is 3. The smallest absolute Gasteiger partial charge is 0.336 e. The quantitative estimate of drug-likeness (QED) is 0.703. The van der Waals surface area contributed by atoms with Crippen LogP contribution < -0.4 is 5.32 Å². The third kappa shape index (κ3) is 2.37. The first-order valence-electron chi connectivity index (χ1n) is 4.82. The molecule has 2 rings (SSSR count). The van der Waals surface area contributed by atoms with Crippen LogP contribution in [0.4, 0.5) is 0 Å². The minimum atomic E-state index is -0.888. The minimum Gasteiger partial charge on any atom is -0.478 e. The summed E-state index contributed by atoms with van der Waals surface area (Å²) in [7, 11) is 0. The number of nitrogens with one attached hydrogen (secondary N) is 1. The zero-order valence-corrected chi connectivity index (χ0v) is 9.01. The van der Waals surface area contributed by atoms with Gasteiger partial charge in [0.05, 0.1) is 12.2 Å². The van der Waals surface area contributed by atoms with Crippen LogP contribution in [0.2, 0.25) is 0 Å². The lowest BCUT2D eigenvalue weighted by molar-refractivity contribution is 0.0697. The SMILES string of the molecule is O=C(O)c1csc(CNC2(CO)CC2)c1. The summed E-state index contributed by atoms with van der Waals surface area (Å²) >= 11 is 1.43. The van der Waals surface area contributed by atoms with Gasteiger partial charge in [0.15, 0.2) is 0 Å². The Labute approximate surface area is 91.6 Å². The molecule has 5 heteroatoms. The number of carboxylic acid groups (broad SMARTS) is 1. The summed E-state index contributed by atoms with van der Waals surface area (Å²) < 4.78 is 0. The molecule has 0 aliphatic heterocycles. The highest BCUT2D eigenvalue weighted by Gasteiger charge is 2.41. The van der Waals surface area contributed by atoms with E-state index in [0.717, 1.165) is 17.7 Å². The zero-order valence-electron chi connectivity index (χ0n) is 8.19. The second kappa shape index (κ2) is 3.92. The van der Waals surface area contributed by atoms with E-state index in [1.165, 1.54) is 11.3 Å². The second-order valence-corrected chi connectivity index (χ2v) is 4.89. The normalized spacial score (nSPS) is 17.7. The molecule has 1 saturated carbocycles. The summed E-state index contributed by atoms with van der Waals surface area (Å²) in [5.41, 5.74) is 0.249. The van der Waals surface area contributed by atoms with Crippen LogP contribution in [0.5, 0.6) is 0 Å². The molecule has 0 unspecified atom stereocenters. The first-order chi connectivity index (χ1) is 7.15. The predicted octanol–water partition coefficient (Wildman–Crippen LogP) is 1.06. The highest BCUT2D eigenvalue weighted by Crippen LogP contribution is 2.35. The summed E-state index contributed by atoms with van der Waals surface area (Å²) in [6, 6.07) is 1.67. The van der Waals surface area contributed by atoms with Crippen molar-refractivity contribution in [2.45, 2.75) is 24.9 Å². The molecule has 1 aliphatic rings. The molecule has 0 saturated heterocycles. The molecule has 0 radical (unpaired) electrons. The second-order valence-electron chi connectivity index (χ2n) is 3.90. The zero-order chi connectivity index (χ0) is 10.9. The maximum Gasteiger partial charge on any atom is 0.336 e. The topological polar surface area (TPSA) is 69.6 Å². The molecular formula is C10H13NO3S. The van der Waals surface area contributed by atoms with E-state index in [1.807, 2.05) is 0 Å². The maximum atomic E-state index is 10.6. The molecule has 0 atom stereocenters. The Hall–Kier alpha value is -0.910. The van der Waals surface area contributed by atoms with Crippen molar-refractivity contribution in [1.82, 2.24) is 5.32 Å². The van der Waals surface area contributed by atoms with Gasteiger partial charge >= 0.3 is 5.97 Å². The van der Waals surface area contributed by atoms with Crippen LogP contribution in [-0.2, 0) is 6.54 Å². The van der Waals surface area contributed by atoms with Crippen LogP contribution in [0.3, 0.4) is 0 Å². The Kier molecular flexibility index (Phi) is 2.77. The molecule has 4 nitrogen and oxygen atoms in total. The van der Waals surface area contributed by atoms with Crippen LogP contribution in [0, 0.1) is 0 Å². The van der Waals surface area contributed by atoms with E-state index in [1.54, 1.807) is 11.4 Å². The maximum absolute atomic E-state index is 10.6. The molecular weight excluding hydrogens is 214 g/mol. The van der Waals surface area contributed by atoms with Gasteiger partial charge < -0.3 is 15.5 Å². The molecule has 1 aromatic rings. The van der Waals surface area contributed by atoms with E-state index in [4.69, 9.17) is 10.2 Å². The van der Waals surface area contributed by atoms with Crippen molar-refractivity contribution >= 4 is 17.3 Å². The van der Waals surface area contributed by atoms with E-state index < -0.39 is 5.97 Å². The standard InChI is InChI=1S/C10H13NO3S/c12-6-10(1-2-10)11-4-8-3-7(5-15-8)9(13)14/h3,5,11-12H,1-2,4,6H2,(H,13,14). The van der Waals surface area contributed by atoms with E-state index in [-0.39, 0.29) is 12.1 Å². The Morgan fingerprint density at radius 2 is 2.33 bits per heavy atom. The Morgan fingerprint density at radius 3 is 2.80 bits per heavy atom. The average molecular weight is 227 g/mol. The van der Waals surface area contributed by atoms with Gasteiger partial charge in [-0.1, -0.05) is 0 Å². The van der Waals surface area contributed by atoms with Crippen molar-refractivity contribution in [2.75, 3.05) is 6.61 Å². The van der Waals surface area contributed by atoms with Gasteiger partial charge in [0, 0.05) is 22.3 Å². The highest BCUT2D eigenvalue weighted by molar-refractivity contribution is 7.10. The van der Waals surface area contributed by atoms with Crippen molar-refractivity contribution in [3.63, 3.8) is 0 Å². The molecule has 0 amide bonds. The van der Waals surface area contributed by atoms with Crippen LogP contribution in [-0.4, -0.2) is 28.3 Å². The fourth-order valence-corrected chi connectivity index (χ4v) is 2.20. The largest absolute Gasteiger partial charge is 0.478 e. The van der Waals surface area contributed by atoms with Crippen LogP contribution in [0.25, 0.3) is 0 Å². The number of carboxylic acids is 1. The molecule has 0 aromatic carbocycles. The lowest BCUT2D eigenvalue weighted by Crippen LogP contribution is -2.33. The van der Waals surface area contributed by atoms with Crippen molar-refractivity contribution in [3.05, 3.63) is 21.9 Å². The van der Waals surface area contributed by atoms with Gasteiger partial charge in [-0.05, 0) is 18.9 Å². The highest BCUT2D eigenvalue weighted by atomic mass is 32.1. The average Bonchev–Trinajstić information content (AvgIpc) is 2.85. The van der Waals surface area contributed by atoms with Gasteiger partial charge in [0.2, 0.25) is 0 Å². The molecule has 3 N–H and O–H groups in total. The number of rotatable bonds is 5. The van der Waals surface area contributed by atoms with Gasteiger partial charge in [-0.15, -0.1) is 11.3 Å². The molecule has 1 aromatic heterocycles. The van der Waals surface area contributed by atoms with E-state index in [0.29, 0.717) is 12.1 Å². The summed E-state index contributed by atoms with van der Waals surface area (Å²) in [6.07, 6.45) is 2.00. The first-order valence-corrected chi connectivity index (χ1v) is 5.70. The van der Waals surface area contributed by atoms with E-state index in [9.17, 15) is 4.79 Å². The van der Waals surface area contributed by atoms with Crippen molar-refractivity contribution in [2.24, 2.45) is 0 Å². The first kappa shape index (κ1) is 10.6. The van der Waals surface area contributed by atoms with Crippen LogP contribution >= 0.6 is 11.3 Å². The number of thiophene rings is 1. The molecule has 0 bridgehead atoms. The third-order valence-electron chi connectivity index (χ3n) is 2.69. The van der Waals surface area contributed by atoms with E-state index >= 15 is 0 Å². The molecule has 1 fully saturated rings. The van der Waals surface area contributed by atoms with Crippen molar-refractivity contribution in [3.8, 4) is 0 Å². The van der Waals surface area contributed by atoms with Crippen molar-refractivity contribution < 1.29 is 15.0 Å². The fourth-order valence-electron chi connectivity index (χ4n) is 1.40. The molecule has 82 valence electrons. The van der Waals surface area contributed by atoms with Crippen LogP contribution in [0.15, 0.2) is 11.4 Å². The van der Waals surface area contributed by atoms with Gasteiger partial charge in [0.1, 0.15) is 0 Å². The summed E-state index contributed by atoms with van der Waals surface area (Å²) in [6.45, 7) is 0.794. The Morgan fingerprint density at radius 1 is 1.60 bits per heavy atom. The van der Waals surface area contributed by atoms with E-state index in [2.05, 4.69) is 5.32 Å². The van der Waals surface area contributed by atoms with Gasteiger partial charge in [0.25, 0.3) is 0 Å². The molecule has 15 heavy (non-hydrogen) atoms. The number of aromatic carboxylic acids is 1. The molecule has 1 heterocycles. The Balaban J connectivity index is 1.91. The van der Waals surface area contributed by atoms with Crippen LogP contribution in [0.1, 0.15) is 28.1 Å². The number of hydrogen-bond acceptors (Lipinski definition) is 4. The number of carbonyl (C=O) groups is 1. The van der Waals surface area contributed by atoms with Gasteiger partial charge in [-0.2, -0.15) is 0 Å². The lowest BCUT2D eigenvalue weighted by Gasteiger charge is -2.12. The fraction of sp³-hybridized carbons (Fsp3) is 0.500. The van der Waals surface area contributed by atoms with Gasteiger partial charge in [-0.25, -0.2) is 4.79 Å². The summed E-state index contributed by atoms with van der Waals surface area (Å²) in [5.74, 6) is -0.888. The molecule has 1 aliphatic carbocycles. The molecule has 0 spiro atoms. The lowest BCUT2D eigenvalue weighted by atomic mass is 10.2. The summed E-state index contributed by atoms with van der Waals surface area (Å²) in [5, 5.41) is 22.7. The predicted molar refractivity (Wildman–Crippen MR) is 57.2 cm³/mol. The Bertz CT molecular complexity index is 370. The van der Waals surface area contributed by atoms with Gasteiger partial charge in [-0.3, -0.25) is 0 Å². The number of aliphatic hydroxyl groups is 1. The van der Waals surface area contributed by atoms with Crippen molar-refractivity contribution in [1.29, 1.82) is 0 Å². The number of aliphatic hydroxyl groups excluding tert-OH is 1. The third-order valence-corrected chi connectivity index (χ3v) is 3.63. The minimum absolute atomic E-state index is 0.0899.